The van der Waals surface area contributed by atoms with Gasteiger partial charge in [-0.15, -0.1) is 11.6 Å². The second-order valence-electron chi connectivity index (χ2n) is 3.56. The van der Waals surface area contributed by atoms with Gasteiger partial charge in [-0.05, 0) is 24.3 Å². The highest BCUT2D eigenvalue weighted by atomic mass is 35.5. The van der Waals surface area contributed by atoms with Crippen molar-refractivity contribution in [2.24, 2.45) is 0 Å². The number of hydrogen-bond acceptors (Lipinski definition) is 4. The molecule has 0 spiro atoms. The summed E-state index contributed by atoms with van der Waals surface area (Å²) in [7, 11) is -3.50. The molecule has 0 bridgehead atoms. The third-order valence-electron chi connectivity index (χ3n) is 2.41. The Labute approximate surface area is 109 Å². The monoisotopic (exact) mass is 285 g/mol. The predicted molar refractivity (Wildman–Crippen MR) is 66.0 cm³/mol. The molecule has 0 saturated carbocycles. The van der Waals surface area contributed by atoms with Crippen LogP contribution in [0.1, 0.15) is 0 Å². The molecule has 1 aromatic carbocycles. The highest BCUT2D eigenvalue weighted by Crippen LogP contribution is 2.22. The predicted octanol–water partition coefficient (Wildman–Crippen LogP) is 1.09. The zero-order valence-corrected chi connectivity index (χ0v) is 10.6. The van der Waals surface area contributed by atoms with Crippen molar-refractivity contribution in [1.82, 2.24) is 0 Å². The molecule has 0 saturated heterocycles. The molecule has 94 valence electrons. The lowest BCUT2D eigenvalue weighted by Gasteiger charge is -2.13. The van der Waals surface area contributed by atoms with Gasteiger partial charge in [0.1, 0.15) is 5.21 Å². The van der Waals surface area contributed by atoms with Crippen LogP contribution in [0.4, 0.5) is 5.69 Å². The Kier molecular flexibility index (Phi) is 3.23. The summed E-state index contributed by atoms with van der Waals surface area (Å²) in [5.41, 5.74) is 0.323. The Morgan fingerprint density at radius 1 is 1.00 bits per heavy atom. The number of rotatable bonds is 3. The van der Waals surface area contributed by atoms with Crippen molar-refractivity contribution >= 4 is 38.9 Å². The van der Waals surface area contributed by atoms with Crippen molar-refractivity contribution in [2.75, 3.05) is 10.1 Å². The van der Waals surface area contributed by atoms with E-state index in [1.54, 1.807) is 0 Å². The molecule has 1 heterocycles. The van der Waals surface area contributed by atoms with E-state index in [2.05, 4.69) is 0 Å². The average Bonchev–Trinajstić information content (AvgIpc) is 2.69. The van der Waals surface area contributed by atoms with Crippen molar-refractivity contribution in [2.45, 2.75) is 4.90 Å². The SMILES string of the molecule is O=C1C=CC(=O)N1c1ccc(S(=O)(=O)CCl)cc1. The van der Waals surface area contributed by atoms with Crippen LogP contribution in [0, 0.1) is 0 Å². The number of amides is 2. The lowest BCUT2D eigenvalue weighted by atomic mass is 10.3. The number of carbonyl (C=O) groups excluding carboxylic acids is 2. The van der Waals surface area contributed by atoms with Crippen LogP contribution in [0.25, 0.3) is 0 Å². The van der Waals surface area contributed by atoms with Gasteiger partial charge in [-0.1, -0.05) is 0 Å². The highest BCUT2D eigenvalue weighted by Gasteiger charge is 2.25. The van der Waals surface area contributed by atoms with Crippen LogP contribution >= 0.6 is 11.6 Å². The molecule has 2 amide bonds. The van der Waals surface area contributed by atoms with Gasteiger partial charge in [0, 0.05) is 12.2 Å². The molecule has 0 fully saturated rings. The Balaban J connectivity index is 2.35. The summed E-state index contributed by atoms with van der Waals surface area (Å²) in [6, 6.07) is 5.41. The number of hydrogen-bond donors (Lipinski definition) is 0. The summed E-state index contributed by atoms with van der Waals surface area (Å²) in [5, 5.41) is -0.518. The van der Waals surface area contributed by atoms with Crippen molar-refractivity contribution in [3.05, 3.63) is 36.4 Å². The van der Waals surface area contributed by atoms with Crippen LogP contribution in [0.15, 0.2) is 41.3 Å². The Morgan fingerprint density at radius 2 is 1.50 bits per heavy atom. The lowest BCUT2D eigenvalue weighted by molar-refractivity contribution is -0.119. The molecule has 2 rings (SSSR count). The second kappa shape index (κ2) is 4.55. The first-order valence-corrected chi connectivity index (χ1v) is 7.09. The maximum absolute atomic E-state index is 11.5. The van der Waals surface area contributed by atoms with Gasteiger partial charge in [-0.2, -0.15) is 0 Å². The number of alkyl halides is 1. The van der Waals surface area contributed by atoms with Gasteiger partial charge < -0.3 is 0 Å². The van der Waals surface area contributed by atoms with E-state index in [0.717, 1.165) is 17.1 Å². The van der Waals surface area contributed by atoms with Gasteiger partial charge in [0.25, 0.3) is 11.8 Å². The van der Waals surface area contributed by atoms with Crippen LogP contribution in [0.5, 0.6) is 0 Å². The van der Waals surface area contributed by atoms with Gasteiger partial charge >= 0.3 is 0 Å². The number of imide groups is 1. The fraction of sp³-hybridized carbons (Fsp3) is 0.0909. The summed E-state index contributed by atoms with van der Waals surface area (Å²) in [4.78, 5) is 23.8. The van der Waals surface area contributed by atoms with Crippen molar-refractivity contribution in [1.29, 1.82) is 0 Å². The maximum atomic E-state index is 11.5. The molecular weight excluding hydrogens is 278 g/mol. The fourth-order valence-corrected chi connectivity index (χ4v) is 2.57. The minimum atomic E-state index is -3.50. The molecule has 18 heavy (non-hydrogen) atoms. The average molecular weight is 286 g/mol. The third-order valence-corrected chi connectivity index (χ3v) is 4.55. The van der Waals surface area contributed by atoms with E-state index < -0.39 is 26.9 Å². The zero-order valence-electron chi connectivity index (χ0n) is 9.04. The van der Waals surface area contributed by atoms with Gasteiger partial charge in [-0.3, -0.25) is 9.59 Å². The van der Waals surface area contributed by atoms with Crippen LogP contribution in [-0.2, 0) is 19.4 Å². The molecule has 0 N–H and O–H groups in total. The Hall–Kier alpha value is -1.66. The molecule has 1 aromatic rings. The van der Waals surface area contributed by atoms with Crippen molar-refractivity contribution in [3.63, 3.8) is 0 Å². The minimum Gasteiger partial charge on any atom is -0.269 e. The maximum Gasteiger partial charge on any atom is 0.258 e. The van der Waals surface area contributed by atoms with Gasteiger partial charge in [-0.25, -0.2) is 13.3 Å². The summed E-state index contributed by atoms with van der Waals surface area (Å²) in [6.45, 7) is 0. The zero-order chi connectivity index (χ0) is 13.3. The summed E-state index contributed by atoms with van der Waals surface area (Å²) < 4.78 is 22.9. The van der Waals surface area contributed by atoms with Crippen LogP contribution in [-0.4, -0.2) is 25.4 Å². The number of carbonyl (C=O) groups is 2. The van der Waals surface area contributed by atoms with Crippen molar-refractivity contribution in [3.8, 4) is 0 Å². The third kappa shape index (κ3) is 2.16. The molecule has 1 aliphatic heterocycles. The van der Waals surface area contributed by atoms with E-state index in [1.807, 2.05) is 0 Å². The largest absolute Gasteiger partial charge is 0.269 e. The topological polar surface area (TPSA) is 71.5 Å². The number of benzene rings is 1. The molecule has 5 nitrogen and oxygen atoms in total. The van der Waals surface area contributed by atoms with Crippen LogP contribution in [0.3, 0.4) is 0 Å². The molecule has 0 radical (unpaired) electrons. The quantitative estimate of drug-likeness (QED) is 0.615. The Bertz CT molecular complexity index is 616. The first kappa shape index (κ1) is 12.8. The van der Waals surface area contributed by atoms with E-state index in [4.69, 9.17) is 11.6 Å². The number of nitrogens with zero attached hydrogens (tertiary/aromatic N) is 1. The molecule has 0 atom stereocenters. The fourth-order valence-electron chi connectivity index (χ4n) is 1.52. The second-order valence-corrected chi connectivity index (χ2v) is 6.14. The number of sulfone groups is 1. The highest BCUT2D eigenvalue weighted by molar-refractivity contribution is 7.92. The summed E-state index contributed by atoms with van der Waals surface area (Å²) in [6.07, 6.45) is 2.32. The molecule has 1 aliphatic rings. The van der Waals surface area contributed by atoms with E-state index >= 15 is 0 Å². The summed E-state index contributed by atoms with van der Waals surface area (Å²) >= 11 is 5.32. The normalized spacial score (nSPS) is 15.5. The molecular formula is C11H8ClNO4S. The minimum absolute atomic E-state index is 0.0494. The number of halogens is 1. The molecule has 7 heteroatoms. The van der Waals surface area contributed by atoms with Crippen LogP contribution in [0.2, 0.25) is 0 Å². The first-order chi connectivity index (χ1) is 8.45. The molecule has 0 unspecified atom stereocenters. The smallest absolute Gasteiger partial charge is 0.258 e. The van der Waals surface area contributed by atoms with Gasteiger partial charge in [0.15, 0.2) is 9.84 Å². The van der Waals surface area contributed by atoms with Gasteiger partial charge in [0.05, 0.1) is 10.6 Å². The Morgan fingerprint density at radius 3 is 1.94 bits per heavy atom. The van der Waals surface area contributed by atoms with E-state index in [-0.39, 0.29) is 4.90 Å². The van der Waals surface area contributed by atoms with E-state index in [1.165, 1.54) is 24.3 Å². The lowest BCUT2D eigenvalue weighted by Crippen LogP contribution is -2.29. The van der Waals surface area contributed by atoms with Gasteiger partial charge in [0.2, 0.25) is 0 Å². The van der Waals surface area contributed by atoms with Crippen LogP contribution < -0.4 is 4.90 Å². The molecule has 0 aliphatic carbocycles. The number of anilines is 1. The molecule has 0 aromatic heterocycles. The standard InChI is InChI=1S/C11H8ClNO4S/c12-7-18(16,17)9-3-1-8(2-4-9)13-10(14)5-6-11(13)15/h1-6H,7H2. The van der Waals surface area contributed by atoms with E-state index in [0.29, 0.717) is 5.69 Å². The first-order valence-electron chi connectivity index (χ1n) is 4.90. The summed E-state index contributed by atoms with van der Waals surface area (Å²) in [5.74, 6) is -0.902. The van der Waals surface area contributed by atoms with Crippen molar-refractivity contribution < 1.29 is 18.0 Å². The van der Waals surface area contributed by atoms with E-state index in [9.17, 15) is 18.0 Å².